The summed E-state index contributed by atoms with van der Waals surface area (Å²) in [6.07, 6.45) is 0. The molecule has 0 bridgehead atoms. The van der Waals surface area contributed by atoms with Gasteiger partial charge in [0.25, 0.3) is 5.91 Å². The van der Waals surface area contributed by atoms with Gasteiger partial charge in [0.15, 0.2) is 6.61 Å². The Morgan fingerprint density at radius 3 is 2.41 bits per heavy atom. The molecule has 0 aliphatic heterocycles. The molecule has 2 rings (SSSR count). The van der Waals surface area contributed by atoms with Crippen LogP contribution in [0.4, 0.5) is 5.69 Å². The van der Waals surface area contributed by atoms with Gasteiger partial charge in [0.2, 0.25) is 0 Å². The number of hydrogen-bond donors (Lipinski definition) is 1. The lowest BCUT2D eigenvalue weighted by molar-refractivity contribution is -0.119. The van der Waals surface area contributed by atoms with Crippen molar-refractivity contribution in [2.24, 2.45) is 0 Å². The zero-order chi connectivity index (χ0) is 16.1. The molecule has 22 heavy (non-hydrogen) atoms. The van der Waals surface area contributed by atoms with Crippen LogP contribution in [0.1, 0.15) is 20.1 Å². The van der Waals surface area contributed by atoms with Crippen molar-refractivity contribution in [2.45, 2.75) is 13.8 Å². The third kappa shape index (κ3) is 4.08. The molecule has 0 saturated heterocycles. The number of carbonyl (C=O) groups excluding carboxylic acids is 2. The first-order valence-corrected chi connectivity index (χ1v) is 7.49. The van der Waals surface area contributed by atoms with Crippen LogP contribution in [0.15, 0.2) is 30.3 Å². The topological polar surface area (TPSA) is 64.6 Å². The van der Waals surface area contributed by atoms with Gasteiger partial charge in [-0.05, 0) is 44.2 Å². The molecule has 1 aromatic heterocycles. The van der Waals surface area contributed by atoms with Gasteiger partial charge in [0, 0.05) is 15.4 Å². The summed E-state index contributed by atoms with van der Waals surface area (Å²) < 4.78 is 10.1. The van der Waals surface area contributed by atoms with E-state index in [0.29, 0.717) is 17.0 Å². The van der Waals surface area contributed by atoms with Gasteiger partial charge in [0.05, 0.1) is 12.7 Å². The normalized spacial score (nSPS) is 10.1. The van der Waals surface area contributed by atoms with Crippen LogP contribution >= 0.6 is 11.3 Å². The van der Waals surface area contributed by atoms with Crippen molar-refractivity contribution in [1.82, 2.24) is 0 Å². The van der Waals surface area contributed by atoms with Gasteiger partial charge < -0.3 is 14.8 Å². The largest absolute Gasteiger partial charge is 0.497 e. The van der Waals surface area contributed by atoms with E-state index in [1.54, 1.807) is 37.4 Å². The Labute approximate surface area is 132 Å². The van der Waals surface area contributed by atoms with Gasteiger partial charge >= 0.3 is 5.97 Å². The van der Waals surface area contributed by atoms with Gasteiger partial charge in [-0.1, -0.05) is 0 Å². The number of amides is 1. The molecule has 0 aliphatic rings. The monoisotopic (exact) mass is 319 g/mol. The van der Waals surface area contributed by atoms with Gasteiger partial charge in [-0.2, -0.15) is 0 Å². The second-order valence-electron chi connectivity index (χ2n) is 4.68. The minimum atomic E-state index is -0.480. The standard InChI is InChI=1S/C16H17NO4S/c1-10-8-14(11(2)22-10)16(19)21-9-15(18)17-12-4-6-13(20-3)7-5-12/h4-8H,9H2,1-3H3,(H,17,18). The fourth-order valence-corrected chi connectivity index (χ4v) is 2.83. The highest BCUT2D eigenvalue weighted by Gasteiger charge is 2.15. The van der Waals surface area contributed by atoms with Crippen LogP contribution < -0.4 is 10.1 Å². The summed E-state index contributed by atoms with van der Waals surface area (Å²) in [6, 6.07) is 8.66. The average Bonchev–Trinajstić information content (AvgIpc) is 2.84. The number of anilines is 1. The predicted molar refractivity (Wildman–Crippen MR) is 85.7 cm³/mol. The average molecular weight is 319 g/mol. The highest BCUT2D eigenvalue weighted by Crippen LogP contribution is 2.21. The van der Waals surface area contributed by atoms with Crippen LogP contribution in [-0.2, 0) is 9.53 Å². The smallest absolute Gasteiger partial charge is 0.339 e. The van der Waals surface area contributed by atoms with Crippen molar-refractivity contribution in [3.63, 3.8) is 0 Å². The van der Waals surface area contributed by atoms with Crippen LogP contribution in [0, 0.1) is 13.8 Å². The maximum absolute atomic E-state index is 11.9. The summed E-state index contributed by atoms with van der Waals surface area (Å²) in [5, 5.41) is 2.65. The lowest BCUT2D eigenvalue weighted by atomic mass is 10.2. The van der Waals surface area contributed by atoms with E-state index in [4.69, 9.17) is 9.47 Å². The number of thiophene rings is 1. The number of hydrogen-bond acceptors (Lipinski definition) is 5. The van der Waals surface area contributed by atoms with E-state index in [2.05, 4.69) is 5.32 Å². The minimum absolute atomic E-state index is 0.320. The third-order valence-electron chi connectivity index (χ3n) is 2.97. The number of ether oxygens (including phenoxy) is 2. The number of nitrogens with one attached hydrogen (secondary N) is 1. The molecular weight excluding hydrogens is 302 g/mol. The lowest BCUT2D eigenvalue weighted by Gasteiger charge is -2.07. The van der Waals surface area contributed by atoms with Crippen LogP contribution in [0.2, 0.25) is 0 Å². The Bertz CT molecular complexity index is 676. The molecule has 0 spiro atoms. The quantitative estimate of drug-likeness (QED) is 0.860. The van der Waals surface area contributed by atoms with Crippen molar-refractivity contribution >= 4 is 28.9 Å². The first-order chi connectivity index (χ1) is 10.5. The molecule has 0 atom stereocenters. The van der Waals surface area contributed by atoms with Gasteiger partial charge in [-0.3, -0.25) is 4.79 Å². The number of carbonyl (C=O) groups is 2. The Morgan fingerprint density at radius 1 is 1.18 bits per heavy atom. The van der Waals surface area contributed by atoms with Crippen LogP contribution in [-0.4, -0.2) is 25.6 Å². The molecule has 0 saturated carbocycles. The first kappa shape index (κ1) is 16.0. The summed E-state index contributed by atoms with van der Waals surface area (Å²) in [6.45, 7) is 3.45. The van der Waals surface area contributed by atoms with Crippen molar-refractivity contribution in [3.8, 4) is 5.75 Å². The molecule has 0 radical (unpaired) electrons. The van der Waals surface area contributed by atoms with Crippen molar-refractivity contribution in [1.29, 1.82) is 0 Å². The van der Waals surface area contributed by atoms with Crippen molar-refractivity contribution in [2.75, 3.05) is 19.0 Å². The molecule has 5 nitrogen and oxygen atoms in total. The second-order valence-corrected chi connectivity index (χ2v) is 6.14. The maximum Gasteiger partial charge on any atom is 0.339 e. The summed E-state index contributed by atoms with van der Waals surface area (Å²) in [4.78, 5) is 25.6. The summed E-state index contributed by atoms with van der Waals surface area (Å²) in [5.41, 5.74) is 1.13. The van der Waals surface area contributed by atoms with Crippen LogP contribution in [0.25, 0.3) is 0 Å². The number of aryl methyl sites for hydroxylation is 2. The molecule has 1 aromatic carbocycles. The van der Waals surface area contributed by atoms with E-state index in [9.17, 15) is 9.59 Å². The Hall–Kier alpha value is -2.34. The van der Waals surface area contributed by atoms with E-state index in [1.165, 1.54) is 11.3 Å². The fourth-order valence-electron chi connectivity index (χ4n) is 1.91. The molecule has 2 aromatic rings. The molecular formula is C16H17NO4S. The Kier molecular flexibility index (Phi) is 5.16. The Balaban J connectivity index is 1.87. The van der Waals surface area contributed by atoms with E-state index in [1.807, 2.05) is 13.8 Å². The van der Waals surface area contributed by atoms with E-state index in [-0.39, 0.29) is 12.5 Å². The molecule has 0 aliphatic carbocycles. The van der Waals surface area contributed by atoms with E-state index in [0.717, 1.165) is 9.75 Å². The molecule has 6 heteroatoms. The van der Waals surface area contributed by atoms with Gasteiger partial charge in [0.1, 0.15) is 5.75 Å². The van der Waals surface area contributed by atoms with Crippen LogP contribution in [0.3, 0.4) is 0 Å². The fraction of sp³-hybridized carbons (Fsp3) is 0.250. The highest BCUT2D eigenvalue weighted by atomic mass is 32.1. The molecule has 1 N–H and O–H groups in total. The first-order valence-electron chi connectivity index (χ1n) is 6.67. The molecule has 116 valence electrons. The molecule has 0 unspecified atom stereocenters. The summed E-state index contributed by atoms with van der Waals surface area (Å²) in [5.74, 6) is -0.164. The van der Waals surface area contributed by atoms with Crippen molar-refractivity contribution < 1.29 is 19.1 Å². The molecule has 0 fully saturated rings. The summed E-state index contributed by atoms with van der Waals surface area (Å²) in [7, 11) is 1.57. The zero-order valence-corrected chi connectivity index (χ0v) is 13.5. The third-order valence-corrected chi connectivity index (χ3v) is 3.93. The molecule has 1 amide bonds. The Morgan fingerprint density at radius 2 is 1.86 bits per heavy atom. The number of methoxy groups -OCH3 is 1. The minimum Gasteiger partial charge on any atom is -0.497 e. The number of esters is 1. The number of benzene rings is 1. The maximum atomic E-state index is 11.9. The van der Waals surface area contributed by atoms with Gasteiger partial charge in [-0.15, -0.1) is 11.3 Å². The SMILES string of the molecule is COc1ccc(NC(=O)COC(=O)c2cc(C)sc2C)cc1. The zero-order valence-electron chi connectivity index (χ0n) is 12.6. The second kappa shape index (κ2) is 7.09. The van der Waals surface area contributed by atoms with E-state index < -0.39 is 5.97 Å². The number of rotatable bonds is 5. The molecule has 1 heterocycles. The predicted octanol–water partition coefficient (Wildman–Crippen LogP) is 3.17. The van der Waals surface area contributed by atoms with Gasteiger partial charge in [-0.25, -0.2) is 4.79 Å². The summed E-state index contributed by atoms with van der Waals surface area (Å²) >= 11 is 1.52. The van der Waals surface area contributed by atoms with E-state index >= 15 is 0 Å². The van der Waals surface area contributed by atoms with Crippen molar-refractivity contribution in [3.05, 3.63) is 45.6 Å². The lowest BCUT2D eigenvalue weighted by Crippen LogP contribution is -2.20. The highest BCUT2D eigenvalue weighted by molar-refractivity contribution is 7.12. The van der Waals surface area contributed by atoms with Crippen LogP contribution in [0.5, 0.6) is 5.75 Å².